The molecule has 20 heavy (non-hydrogen) atoms. The summed E-state index contributed by atoms with van der Waals surface area (Å²) >= 11 is 0. The number of nitrogens with zero attached hydrogens (tertiary/aromatic N) is 1. The van der Waals surface area contributed by atoms with Gasteiger partial charge in [0.25, 0.3) is 0 Å². The Balaban J connectivity index is 4.33. The van der Waals surface area contributed by atoms with Crippen molar-refractivity contribution in [3.05, 3.63) is 0 Å². The second-order valence-corrected chi connectivity index (χ2v) is 7.65. The fourth-order valence-corrected chi connectivity index (χ4v) is 2.65. The van der Waals surface area contributed by atoms with Gasteiger partial charge in [-0.2, -0.15) is 0 Å². The molecule has 0 radical (unpaired) electrons. The van der Waals surface area contributed by atoms with Crippen LogP contribution in [0.15, 0.2) is 0 Å². The summed E-state index contributed by atoms with van der Waals surface area (Å²) in [6, 6.07) is 0. The maximum absolute atomic E-state index is 11.8. The zero-order valence-electron chi connectivity index (χ0n) is 12.7. The van der Waals surface area contributed by atoms with Crippen LogP contribution in [-0.2, 0) is 18.4 Å². The van der Waals surface area contributed by atoms with E-state index in [0.29, 0.717) is 6.42 Å². The van der Waals surface area contributed by atoms with Gasteiger partial charge in [0.05, 0.1) is 0 Å². The van der Waals surface area contributed by atoms with Crippen molar-refractivity contribution in [2.24, 2.45) is 0 Å². The molecule has 0 fully saturated rings. The highest BCUT2D eigenvalue weighted by Gasteiger charge is 2.27. The van der Waals surface area contributed by atoms with Gasteiger partial charge >= 0.3 is 13.7 Å². The number of hydrogen-bond acceptors (Lipinski definition) is 5. The first-order valence-electron chi connectivity index (χ1n) is 6.28. The number of hydrogen-bond donors (Lipinski definition) is 1. The molecular weight excluding hydrogens is 285 g/mol. The highest BCUT2D eigenvalue weighted by Crippen LogP contribution is 2.46. The molecular formula is C12H24NO6P. The maximum Gasteiger partial charge on any atom is 0.407 e. The van der Waals surface area contributed by atoms with E-state index in [-0.39, 0.29) is 24.9 Å². The number of amides is 1. The normalized spacial score (nSPS) is 12.2. The lowest BCUT2D eigenvalue weighted by atomic mass is 10.1. The summed E-state index contributed by atoms with van der Waals surface area (Å²) in [5.74, 6) is -0.267. The maximum atomic E-state index is 11.8. The van der Waals surface area contributed by atoms with Crippen molar-refractivity contribution in [3.8, 4) is 0 Å². The fraction of sp³-hybridized carbons (Fsp3) is 0.833. The molecule has 0 heterocycles. The van der Waals surface area contributed by atoms with Crippen LogP contribution in [0.2, 0.25) is 0 Å². The predicted molar refractivity (Wildman–Crippen MR) is 75.2 cm³/mol. The average molecular weight is 309 g/mol. The molecule has 0 aliphatic carbocycles. The Labute approximate surface area is 119 Å². The zero-order valence-corrected chi connectivity index (χ0v) is 13.6. The van der Waals surface area contributed by atoms with Crippen LogP contribution in [0.5, 0.6) is 0 Å². The van der Waals surface area contributed by atoms with Crippen LogP contribution in [0.1, 0.15) is 33.6 Å². The lowest BCUT2D eigenvalue weighted by Gasteiger charge is -2.33. The third-order valence-corrected chi connectivity index (χ3v) is 4.66. The van der Waals surface area contributed by atoms with Crippen LogP contribution < -0.4 is 0 Å². The van der Waals surface area contributed by atoms with E-state index >= 15 is 0 Å². The summed E-state index contributed by atoms with van der Waals surface area (Å²) in [4.78, 5) is 24.0. The molecule has 0 bridgehead atoms. The van der Waals surface area contributed by atoms with Crippen LogP contribution in [0.4, 0.5) is 4.79 Å². The highest BCUT2D eigenvalue weighted by molar-refractivity contribution is 7.54. The molecule has 0 unspecified atom stereocenters. The molecule has 8 heteroatoms. The fourth-order valence-electron chi connectivity index (χ4n) is 1.65. The van der Waals surface area contributed by atoms with Gasteiger partial charge in [0.2, 0.25) is 0 Å². The topological polar surface area (TPSA) is 93.1 Å². The first-order chi connectivity index (χ1) is 9.05. The summed E-state index contributed by atoms with van der Waals surface area (Å²) in [5.41, 5.74) is -0.525. The van der Waals surface area contributed by atoms with Gasteiger partial charge < -0.3 is 19.1 Å². The Kier molecular flexibility index (Phi) is 7.41. The number of carbonyl (C=O) groups excluding carboxylic acids is 1. The number of carboxylic acid groups (broad SMARTS) is 1. The van der Waals surface area contributed by atoms with Crippen molar-refractivity contribution in [2.45, 2.75) is 39.2 Å². The second-order valence-electron chi connectivity index (χ2n) is 5.38. The number of ketones is 1. The minimum atomic E-state index is -3.33. The van der Waals surface area contributed by atoms with E-state index in [0.717, 1.165) is 0 Å². The van der Waals surface area contributed by atoms with E-state index in [4.69, 9.17) is 5.11 Å². The number of carbonyl (C=O) groups is 2. The van der Waals surface area contributed by atoms with Gasteiger partial charge in [0.1, 0.15) is 11.9 Å². The van der Waals surface area contributed by atoms with Crippen molar-refractivity contribution >= 4 is 19.5 Å². The molecule has 0 aliphatic rings. The molecule has 118 valence electrons. The molecule has 0 aromatic heterocycles. The van der Waals surface area contributed by atoms with Crippen molar-refractivity contribution < 1.29 is 28.3 Å². The average Bonchev–Trinajstić information content (AvgIpc) is 2.32. The van der Waals surface area contributed by atoms with Crippen molar-refractivity contribution in [1.29, 1.82) is 0 Å². The molecule has 0 saturated heterocycles. The quantitative estimate of drug-likeness (QED) is 0.693. The van der Waals surface area contributed by atoms with Gasteiger partial charge in [-0.3, -0.25) is 9.36 Å². The lowest BCUT2D eigenvalue weighted by Crippen LogP contribution is -2.45. The molecule has 0 rings (SSSR count). The van der Waals surface area contributed by atoms with Crippen molar-refractivity contribution in [1.82, 2.24) is 4.90 Å². The first-order valence-corrected chi connectivity index (χ1v) is 8.01. The first kappa shape index (κ1) is 19.1. The Hall–Kier alpha value is -0.910. The van der Waals surface area contributed by atoms with E-state index in [1.807, 2.05) is 0 Å². The Morgan fingerprint density at radius 2 is 1.70 bits per heavy atom. The van der Waals surface area contributed by atoms with E-state index < -0.39 is 19.2 Å². The Morgan fingerprint density at radius 3 is 2.05 bits per heavy atom. The third kappa shape index (κ3) is 6.50. The number of Topliss-reactive ketones (excluding diaryl/α,β-unsaturated/α-hetero) is 1. The standard InChI is InChI=1S/C12H24NO6P/c1-12(2,3)13(11(15)16)8-6-7-10(14)9-20(17,18-4)19-5/h6-9H2,1-5H3,(H,15,16). The SMILES string of the molecule is COP(=O)(CC(=O)CCCN(C(=O)O)C(C)(C)C)OC. The summed E-state index contributed by atoms with van der Waals surface area (Å²) in [6.07, 6.45) is -0.806. The van der Waals surface area contributed by atoms with E-state index in [9.17, 15) is 14.2 Å². The van der Waals surface area contributed by atoms with Crippen LogP contribution in [0.3, 0.4) is 0 Å². The van der Waals surface area contributed by atoms with Crippen molar-refractivity contribution in [3.63, 3.8) is 0 Å². The van der Waals surface area contributed by atoms with Gasteiger partial charge in [-0.1, -0.05) is 0 Å². The Morgan fingerprint density at radius 1 is 1.20 bits per heavy atom. The van der Waals surface area contributed by atoms with Crippen LogP contribution in [0, 0.1) is 0 Å². The van der Waals surface area contributed by atoms with Gasteiger partial charge in [-0.25, -0.2) is 4.79 Å². The number of rotatable bonds is 8. The molecule has 0 aromatic carbocycles. The molecule has 0 saturated carbocycles. The lowest BCUT2D eigenvalue weighted by molar-refractivity contribution is -0.117. The third-order valence-electron chi connectivity index (χ3n) is 2.80. The van der Waals surface area contributed by atoms with Gasteiger partial charge in [-0.05, 0) is 27.2 Å². The van der Waals surface area contributed by atoms with E-state index in [2.05, 4.69) is 9.05 Å². The Bertz CT molecular complexity index is 382. The molecule has 1 N–H and O–H groups in total. The molecule has 0 aliphatic heterocycles. The minimum Gasteiger partial charge on any atom is -0.465 e. The molecule has 0 atom stereocenters. The summed E-state index contributed by atoms with van der Waals surface area (Å²) in [6.45, 7) is 5.60. The van der Waals surface area contributed by atoms with Crippen LogP contribution in [0.25, 0.3) is 0 Å². The predicted octanol–water partition coefficient (Wildman–Crippen LogP) is 2.60. The van der Waals surface area contributed by atoms with Gasteiger partial charge in [0.15, 0.2) is 0 Å². The highest BCUT2D eigenvalue weighted by atomic mass is 31.2. The van der Waals surface area contributed by atoms with Gasteiger partial charge in [-0.15, -0.1) is 0 Å². The van der Waals surface area contributed by atoms with E-state index in [1.54, 1.807) is 20.8 Å². The molecule has 0 spiro atoms. The summed E-state index contributed by atoms with van der Waals surface area (Å²) < 4.78 is 21.1. The summed E-state index contributed by atoms with van der Waals surface area (Å²) in [5, 5.41) is 9.09. The monoisotopic (exact) mass is 309 g/mol. The zero-order chi connectivity index (χ0) is 16.0. The van der Waals surface area contributed by atoms with Crippen molar-refractivity contribution in [2.75, 3.05) is 26.9 Å². The molecule has 1 amide bonds. The van der Waals surface area contributed by atoms with Gasteiger partial charge in [0, 0.05) is 32.7 Å². The largest absolute Gasteiger partial charge is 0.465 e. The van der Waals surface area contributed by atoms with Crippen LogP contribution in [-0.4, -0.2) is 54.3 Å². The molecule has 7 nitrogen and oxygen atoms in total. The minimum absolute atomic E-state index is 0.135. The van der Waals surface area contributed by atoms with E-state index in [1.165, 1.54) is 19.1 Å². The van der Waals surface area contributed by atoms with Crippen LogP contribution >= 0.6 is 7.60 Å². The smallest absolute Gasteiger partial charge is 0.407 e. The second kappa shape index (κ2) is 7.76. The summed E-state index contributed by atoms with van der Waals surface area (Å²) in [7, 11) is -0.881. The molecule has 0 aromatic rings.